The number of unbranched alkanes of at least 4 members (excludes halogenated alkanes) is 2. The van der Waals surface area contributed by atoms with E-state index in [1.54, 1.807) is 17.0 Å². The first kappa shape index (κ1) is 27.6. The molecule has 0 saturated carbocycles. The van der Waals surface area contributed by atoms with Crippen LogP contribution in [0.1, 0.15) is 84.7 Å². The smallest absolute Gasteiger partial charge is 0.410 e. The first-order chi connectivity index (χ1) is 15.7. The lowest BCUT2D eigenvalue weighted by molar-refractivity contribution is 0.00939. The molecule has 0 spiro atoms. The van der Waals surface area contributed by atoms with Crippen molar-refractivity contribution in [3.8, 4) is 0 Å². The number of nitrogens with one attached hydrogen (secondary N) is 1. The van der Waals surface area contributed by atoms with Crippen molar-refractivity contribution < 1.29 is 13.9 Å². The Kier molecular flexibility index (Phi) is 11.6. The topological polar surface area (TPSA) is 44.8 Å². The van der Waals surface area contributed by atoms with E-state index in [1.807, 2.05) is 32.9 Å². The predicted molar refractivity (Wildman–Crippen MR) is 134 cm³/mol. The number of rotatable bonds is 12. The van der Waals surface area contributed by atoms with Crippen LogP contribution in [0.5, 0.6) is 0 Å². The minimum Gasteiger partial charge on any atom is -0.444 e. The van der Waals surface area contributed by atoms with Crippen LogP contribution in [0.2, 0.25) is 0 Å². The number of ether oxygens (including phenoxy) is 1. The van der Waals surface area contributed by atoms with Crippen molar-refractivity contribution in [3.63, 3.8) is 0 Å². The zero-order valence-corrected chi connectivity index (χ0v) is 21.5. The summed E-state index contributed by atoms with van der Waals surface area (Å²) in [5.41, 5.74) is 0.280. The van der Waals surface area contributed by atoms with E-state index in [1.165, 1.54) is 12.8 Å². The summed E-state index contributed by atoms with van der Waals surface area (Å²) in [5, 5.41) is 3.59. The number of hydrogen-bond donors (Lipinski definition) is 1. The second-order valence-corrected chi connectivity index (χ2v) is 10.3. The molecule has 1 fully saturated rings. The summed E-state index contributed by atoms with van der Waals surface area (Å²) < 4.78 is 20.2. The average Bonchev–Trinajstić information content (AvgIpc) is 2.78. The van der Waals surface area contributed by atoms with Gasteiger partial charge in [-0.25, -0.2) is 9.18 Å². The Hall–Kier alpha value is -1.66. The van der Waals surface area contributed by atoms with Crippen molar-refractivity contribution in [3.05, 3.63) is 35.6 Å². The molecule has 1 aliphatic rings. The normalized spacial score (nSPS) is 16.3. The van der Waals surface area contributed by atoms with Crippen molar-refractivity contribution in [1.82, 2.24) is 15.1 Å². The summed E-state index contributed by atoms with van der Waals surface area (Å²) in [6.07, 6.45) is 6.49. The SMILES string of the molecule is CCC(CC)CNCCCCCC(c1ccccc1F)N1CCN(C(=O)OC(C)(C)C)CC1. The van der Waals surface area contributed by atoms with Crippen molar-refractivity contribution >= 4 is 6.09 Å². The molecule has 0 aromatic heterocycles. The van der Waals surface area contributed by atoms with Gasteiger partial charge in [0.25, 0.3) is 0 Å². The van der Waals surface area contributed by atoms with Gasteiger partial charge in [-0.2, -0.15) is 0 Å². The molecule has 5 nitrogen and oxygen atoms in total. The Labute approximate surface area is 201 Å². The van der Waals surface area contributed by atoms with Gasteiger partial charge in [-0.3, -0.25) is 4.90 Å². The van der Waals surface area contributed by atoms with Crippen LogP contribution in [0.15, 0.2) is 24.3 Å². The number of nitrogens with zero attached hydrogens (tertiary/aromatic N) is 2. The van der Waals surface area contributed by atoms with Crippen LogP contribution in [-0.2, 0) is 4.74 Å². The monoisotopic (exact) mass is 463 g/mol. The van der Waals surface area contributed by atoms with E-state index in [4.69, 9.17) is 4.74 Å². The van der Waals surface area contributed by atoms with Crippen LogP contribution in [0.3, 0.4) is 0 Å². The van der Waals surface area contributed by atoms with Gasteiger partial charge in [0.2, 0.25) is 0 Å². The maximum absolute atomic E-state index is 14.7. The van der Waals surface area contributed by atoms with Gasteiger partial charge < -0.3 is 15.0 Å². The first-order valence-corrected chi connectivity index (χ1v) is 12.9. The highest BCUT2D eigenvalue weighted by molar-refractivity contribution is 5.68. The average molecular weight is 464 g/mol. The van der Waals surface area contributed by atoms with E-state index >= 15 is 0 Å². The van der Waals surface area contributed by atoms with Crippen molar-refractivity contribution in [2.75, 3.05) is 39.3 Å². The highest BCUT2D eigenvalue weighted by Crippen LogP contribution is 2.30. The van der Waals surface area contributed by atoms with Crippen molar-refractivity contribution in [2.24, 2.45) is 5.92 Å². The number of piperazine rings is 1. The lowest BCUT2D eigenvalue weighted by Gasteiger charge is -2.40. The first-order valence-electron chi connectivity index (χ1n) is 12.9. The van der Waals surface area contributed by atoms with Gasteiger partial charge in [-0.05, 0) is 58.7 Å². The number of carbonyl (C=O) groups excluding carboxylic acids is 1. The summed E-state index contributed by atoms with van der Waals surface area (Å²) in [6.45, 7) is 15.0. The molecule has 6 heteroatoms. The lowest BCUT2D eigenvalue weighted by Crippen LogP contribution is -2.50. The molecule has 2 rings (SSSR count). The van der Waals surface area contributed by atoms with Crippen LogP contribution < -0.4 is 5.32 Å². The molecule has 188 valence electrons. The molecular weight excluding hydrogens is 417 g/mol. The quantitative estimate of drug-likeness (QED) is 0.386. The van der Waals surface area contributed by atoms with Crippen LogP contribution in [0, 0.1) is 11.7 Å². The second-order valence-electron chi connectivity index (χ2n) is 10.3. The summed E-state index contributed by atoms with van der Waals surface area (Å²) in [4.78, 5) is 16.5. The lowest BCUT2D eigenvalue weighted by atomic mass is 9.97. The van der Waals surface area contributed by atoms with Gasteiger partial charge in [0.15, 0.2) is 0 Å². The number of benzene rings is 1. The molecule has 1 unspecified atom stereocenters. The predicted octanol–water partition coefficient (Wildman–Crippen LogP) is 6.01. The molecule has 33 heavy (non-hydrogen) atoms. The Morgan fingerprint density at radius 3 is 2.33 bits per heavy atom. The third-order valence-corrected chi connectivity index (χ3v) is 6.59. The standard InChI is InChI=1S/C27H46FN3O2/c1-6-22(7-2)21-29-16-12-8-9-15-25(23-13-10-11-14-24(23)28)30-17-19-31(20-18-30)26(32)33-27(3,4)5/h10-11,13-14,22,25,29H,6-9,12,15-21H2,1-5H3. The fraction of sp³-hybridized carbons (Fsp3) is 0.741. The second kappa shape index (κ2) is 13.9. The van der Waals surface area contributed by atoms with Gasteiger partial charge in [-0.15, -0.1) is 0 Å². The molecule has 1 aromatic carbocycles. The molecule has 1 N–H and O–H groups in total. The summed E-state index contributed by atoms with van der Waals surface area (Å²) >= 11 is 0. The van der Waals surface area contributed by atoms with Crippen molar-refractivity contribution in [1.29, 1.82) is 0 Å². The third-order valence-electron chi connectivity index (χ3n) is 6.59. The van der Waals surface area contributed by atoms with Gasteiger partial charge in [-0.1, -0.05) is 57.7 Å². The van der Waals surface area contributed by atoms with Crippen LogP contribution in [0.4, 0.5) is 9.18 Å². The molecule has 1 amide bonds. The molecule has 1 atom stereocenters. The van der Waals surface area contributed by atoms with Gasteiger partial charge in [0.05, 0.1) is 0 Å². The Morgan fingerprint density at radius 1 is 1.06 bits per heavy atom. The fourth-order valence-corrected chi connectivity index (χ4v) is 4.47. The molecule has 0 radical (unpaired) electrons. The Bertz CT molecular complexity index is 695. The van der Waals surface area contributed by atoms with E-state index in [-0.39, 0.29) is 18.0 Å². The third kappa shape index (κ3) is 9.62. The van der Waals surface area contributed by atoms with Crippen molar-refractivity contribution in [2.45, 2.75) is 84.8 Å². The molecule has 1 heterocycles. The van der Waals surface area contributed by atoms with Crippen LogP contribution >= 0.6 is 0 Å². The maximum Gasteiger partial charge on any atom is 0.410 e. The maximum atomic E-state index is 14.7. The van der Waals surface area contributed by atoms with E-state index in [2.05, 4.69) is 24.1 Å². The Morgan fingerprint density at radius 2 is 1.73 bits per heavy atom. The van der Waals surface area contributed by atoms with Crippen LogP contribution in [0.25, 0.3) is 0 Å². The van der Waals surface area contributed by atoms with Crippen LogP contribution in [-0.4, -0.2) is 60.8 Å². The minimum absolute atomic E-state index is 0.0458. The summed E-state index contributed by atoms with van der Waals surface area (Å²) in [7, 11) is 0. The molecular formula is C27H46FN3O2. The molecule has 1 aromatic rings. The van der Waals surface area contributed by atoms with Gasteiger partial charge >= 0.3 is 6.09 Å². The summed E-state index contributed by atoms with van der Waals surface area (Å²) in [5.74, 6) is 0.638. The van der Waals surface area contributed by atoms with E-state index in [9.17, 15) is 9.18 Å². The van der Waals surface area contributed by atoms with E-state index < -0.39 is 5.60 Å². The van der Waals surface area contributed by atoms with E-state index in [0.717, 1.165) is 63.3 Å². The minimum atomic E-state index is -0.493. The zero-order valence-electron chi connectivity index (χ0n) is 21.5. The number of carbonyl (C=O) groups is 1. The zero-order chi connectivity index (χ0) is 24.3. The fourth-order valence-electron chi connectivity index (χ4n) is 4.47. The highest BCUT2D eigenvalue weighted by Gasteiger charge is 2.30. The van der Waals surface area contributed by atoms with Gasteiger partial charge in [0, 0.05) is 37.8 Å². The molecule has 1 aliphatic heterocycles. The Balaban J connectivity index is 1.86. The molecule has 0 bridgehead atoms. The molecule has 1 saturated heterocycles. The van der Waals surface area contributed by atoms with E-state index in [0.29, 0.717) is 13.1 Å². The number of hydrogen-bond acceptors (Lipinski definition) is 4. The molecule has 0 aliphatic carbocycles. The highest BCUT2D eigenvalue weighted by atomic mass is 19.1. The number of halogens is 1. The summed E-state index contributed by atoms with van der Waals surface area (Å²) in [6, 6.07) is 7.19. The largest absolute Gasteiger partial charge is 0.444 e. The number of amides is 1. The van der Waals surface area contributed by atoms with Gasteiger partial charge in [0.1, 0.15) is 11.4 Å².